The molecule has 7 heteroatoms. The van der Waals surface area contributed by atoms with Crippen LogP contribution in [-0.2, 0) is 4.79 Å². The number of carbonyl (C=O) groups excluding carboxylic acids is 1. The van der Waals surface area contributed by atoms with Crippen LogP contribution in [0.25, 0.3) is 0 Å². The van der Waals surface area contributed by atoms with E-state index >= 15 is 0 Å². The fourth-order valence-electron chi connectivity index (χ4n) is 4.10. The Morgan fingerprint density at radius 2 is 1.87 bits per heavy atom. The topological polar surface area (TPSA) is 52.3 Å². The average molecular weight is 421 g/mol. The fraction of sp³-hybridized carbons (Fsp3) is 0.304. The van der Waals surface area contributed by atoms with Crippen LogP contribution in [0.1, 0.15) is 23.1 Å². The molecule has 30 heavy (non-hydrogen) atoms. The van der Waals surface area contributed by atoms with Gasteiger partial charge in [-0.2, -0.15) is 5.10 Å². The summed E-state index contributed by atoms with van der Waals surface area (Å²) < 4.78 is 5.53. The highest BCUT2D eigenvalue weighted by molar-refractivity contribution is 7.10. The van der Waals surface area contributed by atoms with Crippen LogP contribution in [0, 0.1) is 0 Å². The molecule has 2 aliphatic rings. The van der Waals surface area contributed by atoms with Crippen molar-refractivity contribution in [2.75, 3.05) is 37.6 Å². The lowest BCUT2D eigenvalue weighted by atomic mass is 10.1. The van der Waals surface area contributed by atoms with E-state index in [1.165, 1.54) is 5.69 Å². The van der Waals surface area contributed by atoms with E-state index in [1.807, 2.05) is 29.6 Å². The van der Waals surface area contributed by atoms with Crippen LogP contribution < -0.4 is 4.90 Å². The first kappa shape index (κ1) is 19.1. The number of nitrogens with zero attached hydrogens (tertiary/aromatic N) is 4. The van der Waals surface area contributed by atoms with Gasteiger partial charge in [0.1, 0.15) is 11.5 Å². The molecule has 4 heterocycles. The van der Waals surface area contributed by atoms with Crippen LogP contribution >= 0.6 is 11.3 Å². The van der Waals surface area contributed by atoms with E-state index in [4.69, 9.17) is 4.42 Å². The highest BCUT2D eigenvalue weighted by Crippen LogP contribution is 2.35. The standard InChI is InChI=1S/C23H24N4O2S/c28-23(17-25-10-12-26(13-11-25)18-6-2-1-3-7-18)27-20(22-9-5-15-30-22)16-19(24-27)21-8-4-14-29-21/h1-9,14-15,20H,10-13,16-17H2. The van der Waals surface area contributed by atoms with Crippen LogP contribution in [0.5, 0.6) is 0 Å². The molecule has 0 radical (unpaired) electrons. The number of benzene rings is 1. The zero-order valence-electron chi connectivity index (χ0n) is 16.7. The third-order valence-electron chi connectivity index (χ3n) is 5.70. The van der Waals surface area contributed by atoms with Crippen molar-refractivity contribution in [3.8, 4) is 0 Å². The number of piperazine rings is 1. The predicted molar refractivity (Wildman–Crippen MR) is 119 cm³/mol. The lowest BCUT2D eigenvalue weighted by molar-refractivity contribution is -0.134. The minimum Gasteiger partial charge on any atom is -0.463 e. The Morgan fingerprint density at radius 1 is 1.03 bits per heavy atom. The van der Waals surface area contributed by atoms with Gasteiger partial charge in [-0.25, -0.2) is 5.01 Å². The number of carbonyl (C=O) groups is 1. The Morgan fingerprint density at radius 3 is 2.57 bits per heavy atom. The van der Waals surface area contributed by atoms with Crippen molar-refractivity contribution in [3.05, 3.63) is 76.9 Å². The Labute approximate surface area is 180 Å². The second-order valence-corrected chi connectivity index (χ2v) is 8.58. The molecule has 0 spiro atoms. The maximum Gasteiger partial charge on any atom is 0.257 e. The number of anilines is 1. The van der Waals surface area contributed by atoms with Crippen molar-refractivity contribution in [3.63, 3.8) is 0 Å². The number of thiophene rings is 1. The largest absolute Gasteiger partial charge is 0.463 e. The molecule has 1 atom stereocenters. The third-order valence-corrected chi connectivity index (χ3v) is 6.67. The summed E-state index contributed by atoms with van der Waals surface area (Å²) in [6, 6.07) is 18.3. The number of amides is 1. The maximum atomic E-state index is 13.2. The number of hydrazone groups is 1. The van der Waals surface area contributed by atoms with Crippen molar-refractivity contribution in [1.29, 1.82) is 0 Å². The molecule has 3 aromatic rings. The zero-order valence-corrected chi connectivity index (χ0v) is 17.5. The van der Waals surface area contributed by atoms with E-state index in [1.54, 1.807) is 22.6 Å². The van der Waals surface area contributed by atoms with Crippen LogP contribution in [0.15, 0.2) is 75.8 Å². The summed E-state index contributed by atoms with van der Waals surface area (Å²) in [5.74, 6) is 0.784. The van der Waals surface area contributed by atoms with Crippen LogP contribution in [0.3, 0.4) is 0 Å². The Balaban J connectivity index is 1.26. The quantitative estimate of drug-likeness (QED) is 0.629. The zero-order chi connectivity index (χ0) is 20.3. The van der Waals surface area contributed by atoms with Crippen molar-refractivity contribution in [2.45, 2.75) is 12.5 Å². The van der Waals surface area contributed by atoms with Gasteiger partial charge in [0, 0.05) is 43.2 Å². The predicted octanol–water partition coefficient (Wildman–Crippen LogP) is 3.84. The number of rotatable bonds is 5. The highest BCUT2D eigenvalue weighted by atomic mass is 32.1. The highest BCUT2D eigenvalue weighted by Gasteiger charge is 2.35. The first-order valence-corrected chi connectivity index (χ1v) is 11.1. The molecule has 0 bridgehead atoms. The third kappa shape index (κ3) is 3.91. The van der Waals surface area contributed by atoms with Crippen molar-refractivity contribution in [1.82, 2.24) is 9.91 Å². The van der Waals surface area contributed by atoms with E-state index in [0.29, 0.717) is 13.0 Å². The molecule has 1 amide bonds. The fourth-order valence-corrected chi connectivity index (χ4v) is 4.91. The number of hydrogen-bond donors (Lipinski definition) is 0. The van der Waals surface area contributed by atoms with Crippen molar-refractivity contribution < 1.29 is 9.21 Å². The molecule has 5 rings (SSSR count). The maximum absolute atomic E-state index is 13.2. The molecular weight excluding hydrogens is 396 g/mol. The summed E-state index contributed by atoms with van der Waals surface area (Å²) in [4.78, 5) is 19.0. The van der Waals surface area contributed by atoms with Crippen LogP contribution in [-0.4, -0.2) is 54.3 Å². The molecule has 154 valence electrons. The monoisotopic (exact) mass is 420 g/mol. The lowest BCUT2D eigenvalue weighted by Crippen LogP contribution is -2.49. The van der Waals surface area contributed by atoms with Gasteiger partial charge in [0.15, 0.2) is 0 Å². The molecule has 0 aliphatic carbocycles. The summed E-state index contributed by atoms with van der Waals surface area (Å²) in [5, 5.41) is 8.39. The van der Waals surface area contributed by atoms with Gasteiger partial charge in [-0.1, -0.05) is 24.3 Å². The minimum absolute atomic E-state index is 0.0446. The van der Waals surface area contributed by atoms with Crippen molar-refractivity contribution in [2.24, 2.45) is 5.10 Å². The summed E-state index contributed by atoms with van der Waals surface area (Å²) in [6.45, 7) is 3.97. The van der Waals surface area contributed by atoms with Gasteiger partial charge in [-0.05, 0) is 35.7 Å². The second-order valence-electron chi connectivity index (χ2n) is 7.60. The molecule has 1 unspecified atom stereocenters. The Bertz CT molecular complexity index is 993. The summed E-state index contributed by atoms with van der Waals surface area (Å²) in [5.41, 5.74) is 2.08. The number of para-hydroxylation sites is 1. The van der Waals surface area contributed by atoms with Gasteiger partial charge in [-0.3, -0.25) is 9.69 Å². The first-order valence-electron chi connectivity index (χ1n) is 10.3. The smallest absolute Gasteiger partial charge is 0.257 e. The molecule has 0 saturated carbocycles. The Kier molecular flexibility index (Phi) is 5.38. The molecule has 1 fully saturated rings. The summed E-state index contributed by atoms with van der Waals surface area (Å²) in [7, 11) is 0. The normalized spacial score (nSPS) is 19.9. The first-order chi connectivity index (χ1) is 14.8. The van der Waals surface area contributed by atoms with Crippen LogP contribution in [0.4, 0.5) is 5.69 Å². The molecule has 0 N–H and O–H groups in total. The van der Waals surface area contributed by atoms with Gasteiger partial charge < -0.3 is 9.32 Å². The Hall–Kier alpha value is -2.90. The van der Waals surface area contributed by atoms with E-state index in [0.717, 1.165) is 42.5 Å². The molecule has 1 saturated heterocycles. The summed E-state index contributed by atoms with van der Waals surface area (Å²) in [6.07, 6.45) is 2.33. The minimum atomic E-state index is -0.0526. The van der Waals surface area contributed by atoms with E-state index in [-0.39, 0.29) is 11.9 Å². The molecular formula is C23H24N4O2S. The van der Waals surface area contributed by atoms with Gasteiger partial charge in [-0.15, -0.1) is 11.3 Å². The van der Waals surface area contributed by atoms with E-state index in [9.17, 15) is 4.79 Å². The van der Waals surface area contributed by atoms with Gasteiger partial charge in [0.25, 0.3) is 5.91 Å². The lowest BCUT2D eigenvalue weighted by Gasteiger charge is -2.36. The van der Waals surface area contributed by atoms with Gasteiger partial charge >= 0.3 is 0 Å². The van der Waals surface area contributed by atoms with Crippen LogP contribution in [0.2, 0.25) is 0 Å². The number of furan rings is 1. The molecule has 2 aromatic heterocycles. The number of hydrogen-bond acceptors (Lipinski definition) is 6. The second kappa shape index (κ2) is 8.45. The van der Waals surface area contributed by atoms with Crippen molar-refractivity contribution >= 4 is 28.6 Å². The van der Waals surface area contributed by atoms with Gasteiger partial charge in [0.2, 0.25) is 0 Å². The molecule has 2 aliphatic heterocycles. The average Bonchev–Trinajstić information content (AvgIpc) is 3.56. The summed E-state index contributed by atoms with van der Waals surface area (Å²) >= 11 is 1.67. The van der Waals surface area contributed by atoms with Gasteiger partial charge in [0.05, 0.1) is 18.8 Å². The van der Waals surface area contributed by atoms with E-state index < -0.39 is 0 Å². The SMILES string of the molecule is O=C(CN1CCN(c2ccccc2)CC1)N1N=C(c2ccco2)CC1c1cccs1. The molecule has 1 aromatic carbocycles. The molecule has 6 nitrogen and oxygen atoms in total. The van der Waals surface area contributed by atoms with E-state index in [2.05, 4.69) is 45.2 Å².